The van der Waals surface area contributed by atoms with Crippen LogP contribution in [0, 0.1) is 0 Å². The van der Waals surface area contributed by atoms with Crippen LogP contribution in [-0.4, -0.2) is 45.1 Å². The number of hydrogen-bond acceptors (Lipinski definition) is 4. The molecule has 0 saturated heterocycles. The Balaban J connectivity index is 0.000000124. The number of hydrogen-bond donors (Lipinski definition) is 2. The SMILES string of the molecule is Brc1ccc2c(c1)n1c3ccccc3nc1n2-c1ccccc1.Clc1ccc(-c2ccc3c(c2)n2c4ccccc4nc2n3-c2ccccc2)cc1.OB(O)c1ccc(Cl)cc1. The standard InChI is InChI=1S/C25H16ClN3.C19H12BrN3.C6H6BClO2/c26-19-13-10-17(11-14-19)18-12-15-23-24(16-18)29-22-9-5-4-8-21(22)27-25(29)28(23)20-6-2-1-3-7-20;20-13-10-11-17-18(12-13)23-16-9-5-4-8-15(16)21-19(23)22(17)14-6-2-1-3-7-14;8-6-3-1-5(2-4-6)7(9)10/h1-16H;1-12H;1-4,9-10H. The molecule has 8 nitrogen and oxygen atoms in total. The van der Waals surface area contributed by atoms with Gasteiger partial charge in [0, 0.05) is 25.9 Å². The van der Waals surface area contributed by atoms with Crippen LogP contribution < -0.4 is 5.46 Å². The number of fused-ring (bicyclic) bond motifs is 10. The summed E-state index contributed by atoms with van der Waals surface area (Å²) in [4.78, 5) is 9.82. The van der Waals surface area contributed by atoms with Gasteiger partial charge in [0.15, 0.2) is 0 Å². The first-order chi connectivity index (χ1) is 30.3. The van der Waals surface area contributed by atoms with Gasteiger partial charge in [-0.2, -0.15) is 0 Å². The van der Waals surface area contributed by atoms with Crippen molar-refractivity contribution in [1.29, 1.82) is 0 Å². The van der Waals surface area contributed by atoms with Crippen LogP contribution in [0.2, 0.25) is 10.0 Å². The first-order valence-electron chi connectivity index (χ1n) is 19.8. The van der Waals surface area contributed by atoms with E-state index < -0.39 is 7.12 Å². The molecule has 0 saturated carbocycles. The second kappa shape index (κ2) is 16.7. The second-order valence-electron chi connectivity index (χ2n) is 14.6. The van der Waals surface area contributed by atoms with Gasteiger partial charge in [-0.3, -0.25) is 17.9 Å². The van der Waals surface area contributed by atoms with Crippen molar-refractivity contribution in [2.24, 2.45) is 0 Å². The molecular weight excluding hydrogens is 878 g/mol. The van der Waals surface area contributed by atoms with Crippen molar-refractivity contribution in [3.05, 3.63) is 209 Å². The summed E-state index contributed by atoms with van der Waals surface area (Å²) in [5.74, 6) is 1.85. The topological polar surface area (TPSA) is 84.9 Å². The summed E-state index contributed by atoms with van der Waals surface area (Å²) in [6.07, 6.45) is 0. The number of rotatable bonds is 4. The predicted molar refractivity (Wildman–Crippen MR) is 258 cm³/mol. The third-order valence-electron chi connectivity index (χ3n) is 10.7. The maximum Gasteiger partial charge on any atom is 0.488 e. The van der Waals surface area contributed by atoms with E-state index in [1.165, 1.54) is 0 Å². The van der Waals surface area contributed by atoms with E-state index in [1.54, 1.807) is 24.3 Å². The van der Waals surface area contributed by atoms with Crippen LogP contribution in [0.5, 0.6) is 0 Å². The zero-order valence-electron chi connectivity index (χ0n) is 32.8. The summed E-state index contributed by atoms with van der Waals surface area (Å²) in [5.41, 5.74) is 13.7. The van der Waals surface area contributed by atoms with Crippen molar-refractivity contribution in [3.8, 4) is 22.5 Å². The Kier molecular flexibility index (Phi) is 10.6. The molecule has 0 radical (unpaired) electrons. The van der Waals surface area contributed by atoms with Gasteiger partial charge < -0.3 is 10.0 Å². The average molecular weight is 912 g/mol. The van der Waals surface area contributed by atoms with E-state index in [0.29, 0.717) is 10.5 Å². The molecule has 0 aliphatic heterocycles. The lowest BCUT2D eigenvalue weighted by Gasteiger charge is -2.06. The van der Waals surface area contributed by atoms with Crippen LogP contribution in [0.3, 0.4) is 0 Å². The van der Waals surface area contributed by atoms with E-state index in [2.05, 4.69) is 167 Å². The third kappa shape index (κ3) is 7.32. The molecule has 0 aliphatic rings. The van der Waals surface area contributed by atoms with Crippen LogP contribution in [0.15, 0.2) is 199 Å². The van der Waals surface area contributed by atoms with E-state index >= 15 is 0 Å². The molecule has 0 spiro atoms. The number of imidazole rings is 4. The molecule has 0 amide bonds. The highest BCUT2D eigenvalue weighted by atomic mass is 79.9. The van der Waals surface area contributed by atoms with E-state index in [1.807, 2.05) is 36.4 Å². The Hall–Kier alpha value is -6.66. The number of benzene rings is 8. The van der Waals surface area contributed by atoms with E-state index in [9.17, 15) is 0 Å². The molecule has 12 rings (SSSR count). The third-order valence-corrected chi connectivity index (χ3v) is 11.7. The highest BCUT2D eigenvalue weighted by Gasteiger charge is 2.19. The number of para-hydroxylation sites is 6. The molecule has 8 aromatic carbocycles. The minimum Gasteiger partial charge on any atom is -0.423 e. The Labute approximate surface area is 374 Å². The largest absolute Gasteiger partial charge is 0.488 e. The number of aromatic nitrogens is 6. The average Bonchev–Trinajstić information content (AvgIpc) is 4.04. The van der Waals surface area contributed by atoms with Crippen molar-refractivity contribution in [2.75, 3.05) is 0 Å². The molecule has 0 unspecified atom stereocenters. The van der Waals surface area contributed by atoms with Crippen molar-refractivity contribution in [1.82, 2.24) is 27.9 Å². The van der Waals surface area contributed by atoms with Gasteiger partial charge in [-0.25, -0.2) is 9.97 Å². The summed E-state index contributed by atoms with van der Waals surface area (Å²) in [6.45, 7) is 0. The van der Waals surface area contributed by atoms with Gasteiger partial charge in [-0.1, -0.05) is 130 Å². The number of halogens is 3. The molecule has 2 N–H and O–H groups in total. The highest BCUT2D eigenvalue weighted by Crippen LogP contribution is 2.33. The monoisotopic (exact) mass is 910 g/mol. The Morgan fingerprint density at radius 2 is 0.855 bits per heavy atom. The normalized spacial score (nSPS) is 11.3. The van der Waals surface area contributed by atoms with Crippen molar-refractivity contribution in [3.63, 3.8) is 0 Å². The predicted octanol–water partition coefficient (Wildman–Crippen LogP) is 12.0. The molecule has 0 fully saturated rings. The van der Waals surface area contributed by atoms with Gasteiger partial charge in [0.1, 0.15) is 0 Å². The molecule has 0 atom stereocenters. The molecule has 300 valence electrons. The molecule has 0 bridgehead atoms. The first-order valence-corrected chi connectivity index (χ1v) is 21.3. The first kappa shape index (κ1) is 39.5. The summed E-state index contributed by atoms with van der Waals surface area (Å²) < 4.78 is 9.97. The van der Waals surface area contributed by atoms with Gasteiger partial charge in [0.05, 0.1) is 44.1 Å². The summed E-state index contributed by atoms with van der Waals surface area (Å²) in [5, 5.41) is 18.6. The summed E-state index contributed by atoms with van der Waals surface area (Å²) >= 11 is 15.2. The molecule has 62 heavy (non-hydrogen) atoms. The van der Waals surface area contributed by atoms with Crippen LogP contribution in [0.1, 0.15) is 0 Å². The van der Waals surface area contributed by atoms with E-state index in [0.717, 1.165) is 87.7 Å². The minimum absolute atomic E-state index is 0.449. The summed E-state index contributed by atoms with van der Waals surface area (Å²) in [6, 6.07) is 64.5. The molecule has 12 aromatic rings. The Morgan fingerprint density at radius 1 is 0.419 bits per heavy atom. The van der Waals surface area contributed by atoms with Gasteiger partial charge in [0.2, 0.25) is 11.6 Å². The van der Waals surface area contributed by atoms with Crippen molar-refractivity contribution >= 4 is 107 Å². The van der Waals surface area contributed by atoms with Crippen molar-refractivity contribution in [2.45, 2.75) is 0 Å². The molecule has 0 aliphatic carbocycles. The molecule has 4 aromatic heterocycles. The lowest BCUT2D eigenvalue weighted by atomic mass is 9.81. The van der Waals surface area contributed by atoms with Gasteiger partial charge >= 0.3 is 7.12 Å². The van der Waals surface area contributed by atoms with E-state index in [-0.39, 0.29) is 0 Å². The Morgan fingerprint density at radius 3 is 1.37 bits per heavy atom. The maximum atomic E-state index is 8.63. The van der Waals surface area contributed by atoms with Crippen LogP contribution >= 0.6 is 39.1 Å². The quantitative estimate of drug-likeness (QED) is 0.172. The maximum absolute atomic E-state index is 8.63. The minimum atomic E-state index is -1.41. The van der Waals surface area contributed by atoms with Gasteiger partial charge in [0.25, 0.3) is 0 Å². The van der Waals surface area contributed by atoms with Crippen LogP contribution in [0.25, 0.3) is 78.2 Å². The zero-order valence-corrected chi connectivity index (χ0v) is 35.9. The lowest BCUT2D eigenvalue weighted by molar-refractivity contribution is 0.426. The molecule has 4 heterocycles. The van der Waals surface area contributed by atoms with Gasteiger partial charge in [-0.05, 0) is 120 Å². The summed E-state index contributed by atoms with van der Waals surface area (Å²) in [7, 11) is -1.41. The zero-order chi connectivity index (χ0) is 42.3. The lowest BCUT2D eigenvalue weighted by Crippen LogP contribution is -2.29. The van der Waals surface area contributed by atoms with Gasteiger partial charge in [-0.15, -0.1) is 0 Å². The van der Waals surface area contributed by atoms with Crippen LogP contribution in [-0.2, 0) is 0 Å². The smallest absolute Gasteiger partial charge is 0.423 e. The van der Waals surface area contributed by atoms with Crippen LogP contribution in [0.4, 0.5) is 0 Å². The fraction of sp³-hybridized carbons (Fsp3) is 0. The fourth-order valence-corrected chi connectivity index (χ4v) is 8.49. The fourth-order valence-electron chi connectivity index (χ4n) is 7.89. The van der Waals surface area contributed by atoms with Crippen molar-refractivity contribution < 1.29 is 10.0 Å². The molecular formula is C50H34BBrCl2N6O2. The second-order valence-corrected chi connectivity index (χ2v) is 16.4. The Bertz CT molecular complexity index is 3530. The highest BCUT2D eigenvalue weighted by molar-refractivity contribution is 9.10. The molecule has 12 heteroatoms. The number of nitrogens with zero attached hydrogens (tertiary/aromatic N) is 6. The van der Waals surface area contributed by atoms with E-state index in [4.69, 9.17) is 43.2 Å².